The quantitative estimate of drug-likeness (QED) is 0.814. The fraction of sp³-hybridized carbons (Fsp3) is 1.00. The van der Waals surface area contributed by atoms with E-state index in [9.17, 15) is 0 Å². The minimum Gasteiger partial charge on any atom is -0.380 e. The Kier molecular flexibility index (Phi) is 4.22. The van der Waals surface area contributed by atoms with Crippen molar-refractivity contribution < 1.29 is 4.74 Å². The third kappa shape index (κ3) is 2.45. The van der Waals surface area contributed by atoms with Crippen molar-refractivity contribution in [3.05, 3.63) is 0 Å². The van der Waals surface area contributed by atoms with Crippen LogP contribution in [0.1, 0.15) is 44.9 Å². The van der Waals surface area contributed by atoms with Crippen LogP contribution < -0.4 is 5.32 Å². The number of piperidine rings is 1. The lowest BCUT2D eigenvalue weighted by Gasteiger charge is -2.50. The Balaban J connectivity index is 1.72. The summed E-state index contributed by atoms with van der Waals surface area (Å²) in [5, 5.41) is 3.53. The van der Waals surface area contributed by atoms with Gasteiger partial charge in [-0.3, -0.25) is 4.90 Å². The smallest absolute Gasteiger partial charge is 0.0637 e. The molecule has 0 amide bonds. The van der Waals surface area contributed by atoms with Crippen molar-refractivity contribution in [1.82, 2.24) is 10.2 Å². The molecule has 18 heavy (non-hydrogen) atoms. The molecule has 0 aromatic carbocycles. The Bertz CT molecular complexity index is 269. The normalized spacial score (nSPS) is 42.5. The molecule has 3 aliphatic rings. The van der Waals surface area contributed by atoms with Gasteiger partial charge < -0.3 is 10.1 Å². The standard InChI is InChI=1S/C15H28N2O/c1-16-13-8-10-18-11-15(13)17-9-4-6-12-5-2-3-7-14(12)17/h12-16H,2-11H2,1H3. The van der Waals surface area contributed by atoms with E-state index in [1.807, 2.05) is 0 Å². The van der Waals surface area contributed by atoms with Crippen molar-refractivity contribution in [3.8, 4) is 0 Å². The van der Waals surface area contributed by atoms with Gasteiger partial charge in [0, 0.05) is 24.7 Å². The molecule has 1 saturated carbocycles. The zero-order valence-corrected chi connectivity index (χ0v) is 11.7. The molecule has 4 atom stereocenters. The van der Waals surface area contributed by atoms with Crippen LogP contribution in [0.15, 0.2) is 0 Å². The highest BCUT2D eigenvalue weighted by Gasteiger charge is 2.39. The first-order valence-electron chi connectivity index (χ1n) is 7.91. The second kappa shape index (κ2) is 5.89. The maximum atomic E-state index is 5.77. The molecule has 1 aliphatic carbocycles. The molecule has 0 aromatic rings. The number of likely N-dealkylation sites (N-methyl/N-ethyl adjacent to an activating group) is 1. The fourth-order valence-corrected chi connectivity index (χ4v) is 4.46. The van der Waals surface area contributed by atoms with Gasteiger partial charge >= 0.3 is 0 Å². The predicted octanol–water partition coefficient (Wildman–Crippen LogP) is 2.02. The molecule has 0 spiro atoms. The summed E-state index contributed by atoms with van der Waals surface area (Å²) in [6, 6.07) is 2.11. The van der Waals surface area contributed by atoms with E-state index in [1.165, 1.54) is 51.5 Å². The van der Waals surface area contributed by atoms with Crippen LogP contribution in [0.3, 0.4) is 0 Å². The molecule has 2 aliphatic heterocycles. The number of fused-ring (bicyclic) bond motifs is 1. The first kappa shape index (κ1) is 12.9. The SMILES string of the molecule is CNC1CCOCC1N1CCCC2CCCCC21. The summed E-state index contributed by atoms with van der Waals surface area (Å²) in [7, 11) is 2.12. The summed E-state index contributed by atoms with van der Waals surface area (Å²) >= 11 is 0. The first-order valence-corrected chi connectivity index (χ1v) is 7.91. The Morgan fingerprint density at radius 2 is 1.83 bits per heavy atom. The van der Waals surface area contributed by atoms with Crippen molar-refractivity contribution >= 4 is 0 Å². The highest BCUT2D eigenvalue weighted by Crippen LogP contribution is 2.37. The molecule has 104 valence electrons. The number of nitrogens with zero attached hydrogens (tertiary/aromatic N) is 1. The van der Waals surface area contributed by atoms with E-state index < -0.39 is 0 Å². The Hall–Kier alpha value is -0.120. The molecule has 3 fully saturated rings. The molecule has 3 nitrogen and oxygen atoms in total. The number of hydrogen-bond acceptors (Lipinski definition) is 3. The van der Waals surface area contributed by atoms with Crippen LogP contribution in [0.4, 0.5) is 0 Å². The van der Waals surface area contributed by atoms with Crippen LogP contribution in [0, 0.1) is 5.92 Å². The van der Waals surface area contributed by atoms with E-state index in [4.69, 9.17) is 4.74 Å². The minimum atomic E-state index is 0.620. The van der Waals surface area contributed by atoms with E-state index in [0.717, 1.165) is 25.2 Å². The molecule has 0 radical (unpaired) electrons. The van der Waals surface area contributed by atoms with Crippen molar-refractivity contribution in [2.75, 3.05) is 26.8 Å². The van der Waals surface area contributed by atoms with E-state index in [-0.39, 0.29) is 0 Å². The summed E-state index contributed by atoms with van der Waals surface area (Å²) in [6.07, 6.45) is 9.85. The van der Waals surface area contributed by atoms with Gasteiger partial charge in [-0.15, -0.1) is 0 Å². The van der Waals surface area contributed by atoms with Crippen molar-refractivity contribution in [2.45, 2.75) is 63.1 Å². The Morgan fingerprint density at radius 1 is 1.00 bits per heavy atom. The number of hydrogen-bond donors (Lipinski definition) is 1. The summed E-state index contributed by atoms with van der Waals surface area (Å²) in [5.41, 5.74) is 0. The van der Waals surface area contributed by atoms with Gasteiger partial charge in [-0.1, -0.05) is 12.8 Å². The van der Waals surface area contributed by atoms with Crippen molar-refractivity contribution in [3.63, 3.8) is 0 Å². The van der Waals surface area contributed by atoms with Gasteiger partial charge in [0.1, 0.15) is 0 Å². The average Bonchev–Trinajstić information content (AvgIpc) is 2.46. The molecule has 0 bridgehead atoms. The van der Waals surface area contributed by atoms with Gasteiger partial charge in [0.2, 0.25) is 0 Å². The second-order valence-electron chi connectivity index (χ2n) is 6.32. The van der Waals surface area contributed by atoms with Crippen LogP contribution in [0.5, 0.6) is 0 Å². The number of nitrogens with one attached hydrogen (secondary N) is 1. The van der Waals surface area contributed by atoms with Crippen LogP contribution in [0.2, 0.25) is 0 Å². The Labute approximate surface area is 111 Å². The zero-order chi connectivity index (χ0) is 12.4. The molecule has 0 aromatic heterocycles. The minimum absolute atomic E-state index is 0.620. The van der Waals surface area contributed by atoms with Gasteiger partial charge in [0.15, 0.2) is 0 Å². The molecular formula is C15H28N2O. The number of ether oxygens (including phenoxy) is 1. The second-order valence-corrected chi connectivity index (χ2v) is 6.32. The summed E-state index contributed by atoms with van der Waals surface area (Å²) in [4.78, 5) is 2.81. The maximum absolute atomic E-state index is 5.77. The average molecular weight is 252 g/mol. The summed E-state index contributed by atoms with van der Waals surface area (Å²) < 4.78 is 5.77. The van der Waals surface area contributed by atoms with Crippen LogP contribution >= 0.6 is 0 Å². The zero-order valence-electron chi connectivity index (χ0n) is 11.7. The van der Waals surface area contributed by atoms with Crippen LogP contribution in [-0.4, -0.2) is 49.8 Å². The highest BCUT2D eigenvalue weighted by molar-refractivity contribution is 4.95. The molecule has 3 heteroatoms. The third-order valence-corrected chi connectivity index (χ3v) is 5.41. The summed E-state index contributed by atoms with van der Waals surface area (Å²) in [5.74, 6) is 0.979. The Morgan fingerprint density at radius 3 is 2.72 bits per heavy atom. The highest BCUT2D eigenvalue weighted by atomic mass is 16.5. The van der Waals surface area contributed by atoms with E-state index >= 15 is 0 Å². The van der Waals surface area contributed by atoms with Crippen LogP contribution in [-0.2, 0) is 4.74 Å². The van der Waals surface area contributed by atoms with Gasteiger partial charge in [-0.05, 0) is 51.6 Å². The molecule has 1 N–H and O–H groups in total. The monoisotopic (exact) mass is 252 g/mol. The van der Waals surface area contributed by atoms with E-state index in [2.05, 4.69) is 17.3 Å². The van der Waals surface area contributed by atoms with Gasteiger partial charge in [-0.25, -0.2) is 0 Å². The molecular weight excluding hydrogens is 224 g/mol. The summed E-state index contributed by atoms with van der Waals surface area (Å²) in [6.45, 7) is 3.17. The first-order chi connectivity index (χ1) is 8.90. The van der Waals surface area contributed by atoms with Gasteiger partial charge in [0.05, 0.1) is 6.61 Å². The number of likely N-dealkylation sites (tertiary alicyclic amines) is 1. The lowest BCUT2D eigenvalue weighted by Crippen LogP contribution is -2.60. The molecule has 3 rings (SSSR count). The van der Waals surface area contributed by atoms with E-state index in [1.54, 1.807) is 0 Å². The largest absolute Gasteiger partial charge is 0.380 e. The van der Waals surface area contributed by atoms with E-state index in [0.29, 0.717) is 12.1 Å². The van der Waals surface area contributed by atoms with Crippen molar-refractivity contribution in [2.24, 2.45) is 5.92 Å². The number of rotatable bonds is 2. The van der Waals surface area contributed by atoms with Gasteiger partial charge in [-0.2, -0.15) is 0 Å². The lowest BCUT2D eigenvalue weighted by atomic mass is 9.77. The topological polar surface area (TPSA) is 24.5 Å². The molecule has 2 saturated heterocycles. The van der Waals surface area contributed by atoms with Crippen LogP contribution in [0.25, 0.3) is 0 Å². The molecule has 4 unspecified atom stereocenters. The van der Waals surface area contributed by atoms with Gasteiger partial charge in [0.25, 0.3) is 0 Å². The predicted molar refractivity (Wildman–Crippen MR) is 73.8 cm³/mol. The third-order valence-electron chi connectivity index (χ3n) is 5.41. The fourth-order valence-electron chi connectivity index (χ4n) is 4.46. The maximum Gasteiger partial charge on any atom is 0.0637 e. The molecule has 2 heterocycles. The lowest BCUT2D eigenvalue weighted by molar-refractivity contribution is -0.0517. The van der Waals surface area contributed by atoms with Crippen molar-refractivity contribution in [1.29, 1.82) is 0 Å².